The molecule has 0 aromatic rings. The van der Waals surface area contributed by atoms with Crippen LogP contribution in [0, 0.1) is 0 Å². The summed E-state index contributed by atoms with van der Waals surface area (Å²) in [5.41, 5.74) is 0. The van der Waals surface area contributed by atoms with Gasteiger partial charge in [0.05, 0.1) is 6.26 Å². The second-order valence-electron chi connectivity index (χ2n) is 1.82. The van der Waals surface area contributed by atoms with Crippen LogP contribution in [0.25, 0.3) is 0 Å². The number of hydrogen-bond acceptors (Lipinski definition) is 1. The Morgan fingerprint density at radius 2 is 1.71 bits per heavy atom. The average molecular weight is 124 g/mol. The summed E-state index contributed by atoms with van der Waals surface area (Å²) in [5.74, 6) is 0. The molecular formula is C4H9FOS. The zero-order valence-electron chi connectivity index (χ0n) is 4.69. The molecule has 0 spiro atoms. The Hall–Kier alpha value is 0.240. The third kappa shape index (κ3) is 2.88. The molecule has 0 saturated carbocycles. The Bertz CT molecular complexity index is 57.2. The molecule has 0 amide bonds. The molecule has 0 aliphatic heterocycles. The molecule has 0 radical (unpaired) electrons. The van der Waals surface area contributed by atoms with Gasteiger partial charge >= 0.3 is 0 Å². The lowest BCUT2D eigenvalue weighted by Crippen LogP contribution is -2.24. The summed E-state index contributed by atoms with van der Waals surface area (Å²) in [6.45, 7) is 2.59. The third-order valence-electron chi connectivity index (χ3n) is 0.684. The van der Waals surface area contributed by atoms with E-state index in [0.717, 1.165) is 0 Å². The van der Waals surface area contributed by atoms with E-state index in [1.807, 2.05) is 0 Å². The highest BCUT2D eigenvalue weighted by atomic mass is 32.2. The molecular weight excluding hydrogens is 115 g/mol. The minimum Gasteiger partial charge on any atom is -0.614 e. The molecule has 0 aromatic heterocycles. The molecule has 0 aromatic carbocycles. The van der Waals surface area contributed by atoms with Crippen molar-refractivity contribution in [2.45, 2.75) is 18.8 Å². The predicted octanol–water partition coefficient (Wildman–Crippen LogP) is 1.07. The first-order valence-electron chi connectivity index (χ1n) is 1.97. The lowest BCUT2D eigenvalue weighted by Gasteiger charge is -2.15. The van der Waals surface area contributed by atoms with Crippen LogP contribution in [-0.2, 0) is 11.2 Å². The highest BCUT2D eigenvalue weighted by molar-refractivity contribution is 7.91. The van der Waals surface area contributed by atoms with Crippen molar-refractivity contribution in [2.75, 3.05) is 6.26 Å². The molecule has 0 fully saturated rings. The van der Waals surface area contributed by atoms with Crippen LogP contribution in [0.3, 0.4) is 0 Å². The Kier molecular flexibility index (Phi) is 2.08. The summed E-state index contributed by atoms with van der Waals surface area (Å²) in [4.78, 5) is 0. The van der Waals surface area contributed by atoms with Crippen LogP contribution in [0.4, 0.5) is 4.39 Å². The second kappa shape index (κ2) is 2.01. The van der Waals surface area contributed by atoms with E-state index in [1.54, 1.807) is 0 Å². The zero-order chi connectivity index (χ0) is 6.08. The smallest absolute Gasteiger partial charge is 0.256 e. The van der Waals surface area contributed by atoms with Crippen molar-refractivity contribution in [2.24, 2.45) is 0 Å². The van der Waals surface area contributed by atoms with Crippen molar-refractivity contribution in [3.8, 4) is 0 Å². The van der Waals surface area contributed by atoms with Gasteiger partial charge in [-0.1, -0.05) is 0 Å². The molecule has 7 heavy (non-hydrogen) atoms. The Labute approximate surface area is 46.1 Å². The lowest BCUT2D eigenvalue weighted by molar-refractivity contribution is 0.321. The van der Waals surface area contributed by atoms with Gasteiger partial charge in [0.25, 0.3) is 5.00 Å². The van der Waals surface area contributed by atoms with E-state index in [2.05, 4.69) is 0 Å². The van der Waals surface area contributed by atoms with Crippen molar-refractivity contribution in [3.05, 3.63) is 0 Å². The van der Waals surface area contributed by atoms with E-state index in [1.165, 1.54) is 20.1 Å². The first-order chi connectivity index (χ1) is 2.94. The van der Waals surface area contributed by atoms with Gasteiger partial charge in [-0.3, -0.25) is 0 Å². The maximum atomic E-state index is 12.2. The van der Waals surface area contributed by atoms with Crippen molar-refractivity contribution < 1.29 is 8.94 Å². The first-order valence-corrected chi connectivity index (χ1v) is 3.53. The fourth-order valence-corrected chi connectivity index (χ4v) is 0. The topological polar surface area (TPSA) is 23.1 Å². The van der Waals surface area contributed by atoms with Crippen LogP contribution in [0.1, 0.15) is 13.8 Å². The molecule has 1 atom stereocenters. The summed E-state index contributed by atoms with van der Waals surface area (Å²) in [6, 6.07) is 0. The molecule has 0 heterocycles. The van der Waals surface area contributed by atoms with E-state index in [4.69, 9.17) is 0 Å². The number of halogens is 1. The van der Waals surface area contributed by atoms with Gasteiger partial charge in [0.1, 0.15) is 0 Å². The molecule has 1 unspecified atom stereocenters. The van der Waals surface area contributed by atoms with Gasteiger partial charge in [-0.25, -0.2) is 0 Å². The van der Waals surface area contributed by atoms with Crippen LogP contribution < -0.4 is 0 Å². The van der Waals surface area contributed by atoms with E-state index in [-0.39, 0.29) is 0 Å². The molecule has 44 valence electrons. The Morgan fingerprint density at radius 1 is 1.57 bits per heavy atom. The van der Waals surface area contributed by atoms with Gasteiger partial charge in [-0.2, -0.15) is 4.39 Å². The molecule has 1 nitrogen and oxygen atoms in total. The molecule has 0 N–H and O–H groups in total. The van der Waals surface area contributed by atoms with Gasteiger partial charge in [0.15, 0.2) is 0 Å². The Morgan fingerprint density at radius 3 is 1.71 bits per heavy atom. The van der Waals surface area contributed by atoms with Crippen molar-refractivity contribution in [1.29, 1.82) is 0 Å². The van der Waals surface area contributed by atoms with Gasteiger partial charge < -0.3 is 4.55 Å². The van der Waals surface area contributed by atoms with Crippen molar-refractivity contribution in [1.82, 2.24) is 0 Å². The minimum atomic E-state index is -1.53. The minimum absolute atomic E-state index is 1.29. The largest absolute Gasteiger partial charge is 0.614 e. The summed E-state index contributed by atoms with van der Waals surface area (Å²) in [5, 5.41) is -1.53. The molecule has 0 aliphatic rings. The van der Waals surface area contributed by atoms with Gasteiger partial charge in [0.2, 0.25) is 0 Å². The Balaban J connectivity index is 3.54. The zero-order valence-corrected chi connectivity index (χ0v) is 5.51. The lowest BCUT2D eigenvalue weighted by atomic mass is 10.5. The molecule has 3 heteroatoms. The fourth-order valence-electron chi connectivity index (χ4n) is 0. The highest BCUT2D eigenvalue weighted by Crippen LogP contribution is 2.14. The van der Waals surface area contributed by atoms with E-state index in [9.17, 15) is 8.94 Å². The van der Waals surface area contributed by atoms with Crippen LogP contribution in [0.5, 0.6) is 0 Å². The molecule has 0 aliphatic carbocycles. The average Bonchev–Trinajstić information content (AvgIpc) is 1.31. The quantitative estimate of drug-likeness (QED) is 0.479. The summed E-state index contributed by atoms with van der Waals surface area (Å²) >= 11 is -1.35. The standard InChI is InChI=1S/C4H9FOS/c1-4(2,5)7(3)6/h1-3H3. The SMILES string of the molecule is C[S+]([O-])C(C)(C)F. The third-order valence-corrected chi connectivity index (χ3v) is 2.05. The van der Waals surface area contributed by atoms with Crippen molar-refractivity contribution >= 4 is 11.2 Å². The first kappa shape index (κ1) is 7.24. The van der Waals surface area contributed by atoms with Crippen LogP contribution in [0.2, 0.25) is 0 Å². The summed E-state index contributed by atoms with van der Waals surface area (Å²) in [6.07, 6.45) is 1.35. The fraction of sp³-hybridized carbons (Fsp3) is 1.00. The van der Waals surface area contributed by atoms with E-state index in [0.29, 0.717) is 0 Å². The monoisotopic (exact) mass is 124 g/mol. The summed E-state index contributed by atoms with van der Waals surface area (Å²) in [7, 11) is 0. The van der Waals surface area contributed by atoms with Crippen LogP contribution >= 0.6 is 0 Å². The number of hydrogen-bond donors (Lipinski definition) is 0. The number of rotatable bonds is 1. The van der Waals surface area contributed by atoms with Gasteiger partial charge in [0, 0.05) is 13.8 Å². The van der Waals surface area contributed by atoms with Crippen molar-refractivity contribution in [3.63, 3.8) is 0 Å². The van der Waals surface area contributed by atoms with E-state index >= 15 is 0 Å². The van der Waals surface area contributed by atoms with Gasteiger partial charge in [-0.15, -0.1) is 0 Å². The molecule has 0 rings (SSSR count). The molecule has 0 bridgehead atoms. The van der Waals surface area contributed by atoms with Crippen LogP contribution in [0.15, 0.2) is 0 Å². The van der Waals surface area contributed by atoms with Crippen LogP contribution in [-0.4, -0.2) is 15.8 Å². The maximum Gasteiger partial charge on any atom is 0.256 e. The maximum absolute atomic E-state index is 12.2. The van der Waals surface area contributed by atoms with Gasteiger partial charge in [-0.05, 0) is 11.2 Å². The highest BCUT2D eigenvalue weighted by Gasteiger charge is 2.25. The molecule has 0 saturated heterocycles. The van der Waals surface area contributed by atoms with E-state index < -0.39 is 16.2 Å². The second-order valence-corrected chi connectivity index (χ2v) is 3.70. The number of alkyl halides is 1. The normalized spacial score (nSPS) is 16.7. The predicted molar refractivity (Wildman–Crippen MR) is 29.3 cm³/mol. The summed E-state index contributed by atoms with van der Waals surface area (Å²) < 4.78 is 22.4.